The second-order valence-electron chi connectivity index (χ2n) is 9.71. The van der Waals surface area contributed by atoms with Crippen molar-refractivity contribution in [1.29, 1.82) is 0 Å². The van der Waals surface area contributed by atoms with Crippen molar-refractivity contribution in [3.05, 3.63) is 72.9 Å². The molecule has 0 spiro atoms. The summed E-state index contributed by atoms with van der Waals surface area (Å²) in [5.74, 6) is -1.15. The minimum absolute atomic E-state index is 0.0630. The highest BCUT2D eigenvalue weighted by atomic mass is 31.2. The van der Waals surface area contributed by atoms with Gasteiger partial charge in [-0.2, -0.15) is 0 Å². The summed E-state index contributed by atoms with van der Waals surface area (Å²) in [5.41, 5.74) is 0. The van der Waals surface area contributed by atoms with Crippen LogP contribution in [0.2, 0.25) is 0 Å². The van der Waals surface area contributed by atoms with Crippen molar-refractivity contribution in [2.24, 2.45) is 0 Å². The van der Waals surface area contributed by atoms with Gasteiger partial charge in [0.15, 0.2) is 0 Å². The van der Waals surface area contributed by atoms with Crippen LogP contribution in [0, 0.1) is 0 Å². The van der Waals surface area contributed by atoms with Gasteiger partial charge in [0.25, 0.3) is 0 Å². The Morgan fingerprint density at radius 2 is 1.02 bits per heavy atom. The number of carbonyl (C=O) groups is 2. The predicted octanol–water partition coefficient (Wildman–Crippen LogP) is 6.60. The Bertz CT molecular complexity index is 968. The van der Waals surface area contributed by atoms with E-state index < -0.39 is 58.4 Å². The molecule has 0 amide bonds. The van der Waals surface area contributed by atoms with Crippen molar-refractivity contribution in [2.75, 3.05) is 26.4 Å². The molecule has 0 aromatic rings. The van der Waals surface area contributed by atoms with Crippen molar-refractivity contribution in [3.8, 4) is 0 Å². The lowest BCUT2D eigenvalue weighted by Crippen LogP contribution is -2.28. The van der Waals surface area contributed by atoms with Gasteiger partial charge in [0, 0.05) is 12.8 Å². The van der Waals surface area contributed by atoms with Crippen LogP contribution in [0.4, 0.5) is 0 Å². The number of esters is 2. The molecule has 3 unspecified atom stereocenters. The lowest BCUT2D eigenvalue weighted by molar-refractivity contribution is -0.153. The Kier molecular flexibility index (Phi) is 27.4. The highest BCUT2D eigenvalue weighted by molar-refractivity contribution is 7.47. The molecule has 0 aliphatic rings. The van der Waals surface area contributed by atoms with Gasteiger partial charge >= 0.3 is 19.8 Å². The molecule has 44 heavy (non-hydrogen) atoms. The molecule has 11 heteroatoms. The first-order valence-electron chi connectivity index (χ1n) is 15.4. The molecule has 0 aliphatic heterocycles. The molecule has 3 N–H and O–H groups in total. The van der Waals surface area contributed by atoms with E-state index in [1.807, 2.05) is 25.2 Å². The third-order valence-corrected chi connectivity index (χ3v) is 6.65. The topological polar surface area (TPSA) is 149 Å². The van der Waals surface area contributed by atoms with Crippen LogP contribution in [0.3, 0.4) is 0 Å². The van der Waals surface area contributed by atoms with Crippen molar-refractivity contribution in [2.45, 2.75) is 96.7 Å². The molecule has 0 aromatic carbocycles. The average Bonchev–Trinajstić information content (AvgIpc) is 3.01. The van der Waals surface area contributed by atoms with Gasteiger partial charge in [-0.3, -0.25) is 18.6 Å². The van der Waals surface area contributed by atoms with Crippen molar-refractivity contribution < 1.29 is 47.8 Å². The first-order valence-corrected chi connectivity index (χ1v) is 16.9. The van der Waals surface area contributed by atoms with Crippen LogP contribution in [-0.2, 0) is 32.7 Å². The van der Waals surface area contributed by atoms with Crippen molar-refractivity contribution in [3.63, 3.8) is 0 Å². The maximum absolute atomic E-state index is 12.1. The van der Waals surface area contributed by atoms with Gasteiger partial charge in [0.2, 0.25) is 0 Å². The molecule has 0 aromatic heterocycles. The third-order valence-electron chi connectivity index (χ3n) is 5.70. The first kappa shape index (κ1) is 41.4. The summed E-state index contributed by atoms with van der Waals surface area (Å²) in [6.45, 7) is 1.64. The SMILES string of the molecule is CC/C=C\C/C=C\C/C=C\C/C=C\C/C=C\C/C=C\CCC(=O)OC(CO)COP(=O)(O)OCC(CO)OC(=O)CCCC. The maximum Gasteiger partial charge on any atom is 0.472 e. The minimum atomic E-state index is -4.63. The molecular weight excluding hydrogens is 587 g/mol. The molecular formula is C33H53O10P. The lowest BCUT2D eigenvalue weighted by atomic mass is 10.2. The van der Waals surface area contributed by atoms with Crippen LogP contribution >= 0.6 is 7.82 Å². The summed E-state index contributed by atoms with van der Waals surface area (Å²) in [5, 5.41) is 18.7. The average molecular weight is 641 g/mol. The number of aliphatic hydroxyl groups is 2. The van der Waals surface area contributed by atoms with E-state index in [1.54, 1.807) is 0 Å². The Labute approximate surface area is 263 Å². The third kappa shape index (κ3) is 27.0. The summed E-state index contributed by atoms with van der Waals surface area (Å²) in [7, 11) is -4.63. The fraction of sp³-hybridized carbons (Fsp3) is 0.576. The molecule has 0 radical (unpaired) electrons. The summed E-state index contributed by atoms with van der Waals surface area (Å²) in [6, 6.07) is 0. The maximum atomic E-state index is 12.1. The molecule has 0 rings (SSSR count). The number of hydrogen-bond donors (Lipinski definition) is 3. The van der Waals surface area contributed by atoms with E-state index in [-0.39, 0.29) is 12.8 Å². The fourth-order valence-electron chi connectivity index (χ4n) is 3.29. The van der Waals surface area contributed by atoms with E-state index in [4.69, 9.17) is 18.5 Å². The molecule has 10 nitrogen and oxygen atoms in total. The van der Waals surface area contributed by atoms with E-state index in [9.17, 15) is 29.3 Å². The zero-order chi connectivity index (χ0) is 32.7. The van der Waals surface area contributed by atoms with Gasteiger partial charge < -0.3 is 24.6 Å². The highest BCUT2D eigenvalue weighted by Gasteiger charge is 2.27. The highest BCUT2D eigenvalue weighted by Crippen LogP contribution is 2.43. The Morgan fingerprint density at radius 3 is 1.41 bits per heavy atom. The molecule has 0 heterocycles. The normalized spacial score (nSPS) is 15.3. The van der Waals surface area contributed by atoms with E-state index in [0.717, 1.165) is 44.9 Å². The standard InChI is InChI=1S/C33H53O10P/c1-3-5-7-8-9-10-11-12-13-14-15-16-17-18-19-20-21-22-23-25-33(37)43-31(27-35)29-41-44(38,39)40-28-30(26-34)42-32(36)24-6-4-2/h5,7,9-10,12-13,15-16,18-19,21-22,30-31,34-35H,3-4,6,8,11,14,17,20,23-29H2,1-2H3,(H,38,39)/b7-5-,10-9-,13-12-,16-15-,19-18-,22-21-. The number of phosphoric acid groups is 1. The quantitative estimate of drug-likeness (QED) is 0.0510. The number of ether oxygens (including phenoxy) is 2. The molecule has 3 atom stereocenters. The number of hydrogen-bond acceptors (Lipinski definition) is 9. The van der Waals surface area contributed by atoms with Crippen LogP contribution in [0.1, 0.15) is 84.5 Å². The molecule has 0 saturated carbocycles. The van der Waals surface area contributed by atoms with E-state index in [0.29, 0.717) is 12.8 Å². The second-order valence-corrected chi connectivity index (χ2v) is 11.2. The van der Waals surface area contributed by atoms with Gasteiger partial charge in [0.1, 0.15) is 12.2 Å². The Balaban J connectivity index is 4.11. The van der Waals surface area contributed by atoms with E-state index in [1.165, 1.54) is 0 Å². The van der Waals surface area contributed by atoms with Gasteiger partial charge in [-0.25, -0.2) is 4.57 Å². The van der Waals surface area contributed by atoms with Crippen molar-refractivity contribution in [1.82, 2.24) is 0 Å². The van der Waals surface area contributed by atoms with Gasteiger partial charge in [0.05, 0.1) is 26.4 Å². The van der Waals surface area contributed by atoms with E-state index in [2.05, 4.69) is 61.6 Å². The monoisotopic (exact) mass is 640 g/mol. The molecule has 0 aliphatic carbocycles. The zero-order valence-corrected chi connectivity index (χ0v) is 27.2. The molecule has 0 fully saturated rings. The molecule has 0 bridgehead atoms. The largest absolute Gasteiger partial charge is 0.472 e. The second kappa shape index (κ2) is 29.1. The number of aliphatic hydroxyl groups excluding tert-OH is 2. The number of phosphoric ester groups is 1. The minimum Gasteiger partial charge on any atom is -0.457 e. The smallest absolute Gasteiger partial charge is 0.457 e. The van der Waals surface area contributed by atoms with Crippen LogP contribution in [0.15, 0.2) is 72.9 Å². The Morgan fingerprint density at radius 1 is 0.636 bits per heavy atom. The number of carbonyl (C=O) groups excluding carboxylic acids is 2. The summed E-state index contributed by atoms with van der Waals surface area (Å²) in [6.07, 6.45) is 30.4. The summed E-state index contributed by atoms with van der Waals surface area (Å²) >= 11 is 0. The van der Waals surface area contributed by atoms with Crippen LogP contribution < -0.4 is 0 Å². The summed E-state index contributed by atoms with van der Waals surface area (Å²) in [4.78, 5) is 33.5. The van der Waals surface area contributed by atoms with Gasteiger partial charge in [-0.05, 0) is 51.4 Å². The number of allylic oxidation sites excluding steroid dienone is 12. The Hall–Kier alpha value is -2.59. The number of rotatable bonds is 27. The van der Waals surface area contributed by atoms with Crippen LogP contribution in [0.5, 0.6) is 0 Å². The molecule has 250 valence electrons. The first-order chi connectivity index (χ1) is 21.3. The van der Waals surface area contributed by atoms with Crippen molar-refractivity contribution >= 4 is 19.8 Å². The predicted molar refractivity (Wildman–Crippen MR) is 173 cm³/mol. The fourth-order valence-corrected chi connectivity index (χ4v) is 4.08. The van der Waals surface area contributed by atoms with Gasteiger partial charge in [-0.15, -0.1) is 0 Å². The lowest BCUT2D eigenvalue weighted by Gasteiger charge is -2.20. The van der Waals surface area contributed by atoms with Crippen LogP contribution in [0.25, 0.3) is 0 Å². The number of unbranched alkanes of at least 4 members (excludes halogenated alkanes) is 1. The summed E-state index contributed by atoms with van der Waals surface area (Å²) < 4.78 is 31.7. The molecule has 0 saturated heterocycles. The van der Waals surface area contributed by atoms with E-state index >= 15 is 0 Å². The zero-order valence-electron chi connectivity index (χ0n) is 26.3. The van der Waals surface area contributed by atoms with Gasteiger partial charge in [-0.1, -0.05) is 93.2 Å². The van der Waals surface area contributed by atoms with Crippen LogP contribution in [-0.4, -0.2) is 65.7 Å².